The molecule has 8 nitrogen and oxygen atoms in total. The molecular weight excluding hydrogens is 295 g/mol. The van der Waals surface area contributed by atoms with Crippen LogP contribution in [0.4, 0.5) is 10.1 Å². The third-order valence-electron chi connectivity index (χ3n) is 2.42. The Morgan fingerprint density at radius 3 is 2.55 bits per heavy atom. The van der Waals surface area contributed by atoms with Gasteiger partial charge in [-0.1, -0.05) is 6.92 Å². The van der Waals surface area contributed by atoms with E-state index in [-0.39, 0.29) is 6.42 Å². The molecule has 0 bridgehead atoms. The average molecular weight is 306 g/mol. The minimum Gasteiger partial charge on any atom is -0.480 e. The van der Waals surface area contributed by atoms with Crippen LogP contribution in [0.15, 0.2) is 23.1 Å². The summed E-state index contributed by atoms with van der Waals surface area (Å²) in [5, 5.41) is 19.2. The lowest BCUT2D eigenvalue weighted by atomic mass is 10.2. The summed E-state index contributed by atoms with van der Waals surface area (Å²) in [7, 11) is -4.42. The Balaban J connectivity index is 3.16. The van der Waals surface area contributed by atoms with Crippen molar-refractivity contribution in [2.45, 2.75) is 24.3 Å². The monoisotopic (exact) mass is 306 g/mol. The molecule has 1 aromatic rings. The Kier molecular flexibility index (Phi) is 4.73. The Labute approximate surface area is 113 Å². The van der Waals surface area contributed by atoms with Gasteiger partial charge in [-0.15, -0.1) is 0 Å². The maximum absolute atomic E-state index is 13.6. The van der Waals surface area contributed by atoms with Crippen LogP contribution in [0.1, 0.15) is 13.3 Å². The molecule has 0 radical (unpaired) electrons. The smallest absolute Gasteiger partial charge is 0.321 e. The molecule has 0 fully saturated rings. The number of nitro benzene ring substituents is 1. The molecule has 0 aliphatic heterocycles. The molecule has 1 rings (SSSR count). The number of hydrogen-bond donors (Lipinski definition) is 2. The van der Waals surface area contributed by atoms with Gasteiger partial charge in [0.05, 0.1) is 11.0 Å². The van der Waals surface area contributed by atoms with E-state index in [1.807, 2.05) is 4.72 Å². The van der Waals surface area contributed by atoms with Crippen LogP contribution in [-0.4, -0.2) is 30.5 Å². The van der Waals surface area contributed by atoms with Crippen LogP contribution in [0.3, 0.4) is 0 Å². The number of sulfonamides is 1. The number of nitrogens with zero attached hydrogens (tertiary/aromatic N) is 1. The summed E-state index contributed by atoms with van der Waals surface area (Å²) >= 11 is 0. The molecular formula is C10H11FN2O6S. The first-order valence-electron chi connectivity index (χ1n) is 5.38. The van der Waals surface area contributed by atoms with E-state index >= 15 is 0 Å². The van der Waals surface area contributed by atoms with E-state index in [9.17, 15) is 27.7 Å². The van der Waals surface area contributed by atoms with Crippen molar-refractivity contribution < 1.29 is 27.6 Å². The highest BCUT2D eigenvalue weighted by Crippen LogP contribution is 2.20. The summed E-state index contributed by atoms with van der Waals surface area (Å²) in [6.45, 7) is 1.44. The van der Waals surface area contributed by atoms with Crippen molar-refractivity contribution >= 4 is 21.7 Å². The molecule has 0 aliphatic carbocycles. The molecule has 0 amide bonds. The van der Waals surface area contributed by atoms with Gasteiger partial charge in [0, 0.05) is 6.07 Å². The van der Waals surface area contributed by atoms with E-state index in [1.54, 1.807) is 0 Å². The fourth-order valence-corrected chi connectivity index (χ4v) is 2.71. The predicted molar refractivity (Wildman–Crippen MR) is 65.1 cm³/mol. The van der Waals surface area contributed by atoms with Crippen LogP contribution in [0, 0.1) is 15.9 Å². The molecule has 110 valence electrons. The number of non-ortho nitro benzene ring substituents is 1. The zero-order chi connectivity index (χ0) is 15.5. The lowest BCUT2D eigenvalue weighted by Crippen LogP contribution is -2.40. The number of hydrogen-bond acceptors (Lipinski definition) is 5. The van der Waals surface area contributed by atoms with Crippen LogP contribution in [0.25, 0.3) is 0 Å². The molecule has 1 aromatic carbocycles. The second-order valence-electron chi connectivity index (χ2n) is 3.79. The minimum absolute atomic E-state index is 0.0385. The number of carboxylic acid groups (broad SMARTS) is 1. The van der Waals surface area contributed by atoms with Crippen LogP contribution in [0.5, 0.6) is 0 Å². The fraction of sp³-hybridized carbons (Fsp3) is 0.300. The lowest BCUT2D eigenvalue weighted by molar-refractivity contribution is -0.385. The van der Waals surface area contributed by atoms with E-state index < -0.39 is 43.4 Å². The summed E-state index contributed by atoms with van der Waals surface area (Å²) in [4.78, 5) is 19.5. The first-order valence-corrected chi connectivity index (χ1v) is 6.86. The molecule has 0 heterocycles. The molecule has 1 unspecified atom stereocenters. The largest absolute Gasteiger partial charge is 0.480 e. The van der Waals surface area contributed by atoms with Gasteiger partial charge < -0.3 is 5.11 Å². The van der Waals surface area contributed by atoms with Crippen molar-refractivity contribution in [1.29, 1.82) is 0 Å². The number of benzene rings is 1. The van der Waals surface area contributed by atoms with Crippen LogP contribution in [-0.2, 0) is 14.8 Å². The standard InChI is InChI=1S/C10H11FN2O6S/c1-2-8(10(14)15)12-20(18,19)9-4-3-6(13(16)17)5-7(9)11/h3-5,8,12H,2H2,1H3,(H,14,15). The van der Waals surface area contributed by atoms with Gasteiger partial charge in [-0.05, 0) is 12.5 Å². The third kappa shape index (κ3) is 3.48. The predicted octanol–water partition coefficient (Wildman–Crippen LogP) is 0.875. The third-order valence-corrected chi connectivity index (χ3v) is 3.92. The van der Waals surface area contributed by atoms with Crippen molar-refractivity contribution in [2.24, 2.45) is 0 Å². The second-order valence-corrected chi connectivity index (χ2v) is 5.47. The number of nitrogens with one attached hydrogen (secondary N) is 1. The quantitative estimate of drug-likeness (QED) is 0.593. The van der Waals surface area contributed by atoms with E-state index in [1.165, 1.54) is 6.92 Å². The summed E-state index contributed by atoms with van der Waals surface area (Å²) in [6, 6.07) is 0.578. The zero-order valence-electron chi connectivity index (χ0n) is 10.2. The number of carbonyl (C=O) groups is 1. The molecule has 10 heteroatoms. The summed E-state index contributed by atoms with van der Waals surface area (Å²) in [6.07, 6.45) is -0.0385. The first kappa shape index (κ1) is 16.0. The van der Waals surface area contributed by atoms with Gasteiger partial charge in [0.15, 0.2) is 0 Å². The lowest BCUT2D eigenvalue weighted by Gasteiger charge is -2.13. The van der Waals surface area contributed by atoms with Gasteiger partial charge in [0.1, 0.15) is 16.8 Å². The van der Waals surface area contributed by atoms with Gasteiger partial charge in [0.25, 0.3) is 5.69 Å². The van der Waals surface area contributed by atoms with Crippen molar-refractivity contribution in [3.05, 3.63) is 34.1 Å². The average Bonchev–Trinajstić information content (AvgIpc) is 2.35. The molecule has 2 N–H and O–H groups in total. The fourth-order valence-electron chi connectivity index (χ4n) is 1.38. The van der Waals surface area contributed by atoms with Crippen LogP contribution in [0.2, 0.25) is 0 Å². The number of halogens is 1. The minimum atomic E-state index is -4.42. The molecule has 0 saturated carbocycles. The number of rotatable bonds is 6. The molecule has 0 aromatic heterocycles. The SMILES string of the molecule is CCC(NS(=O)(=O)c1ccc([N+](=O)[O-])cc1F)C(=O)O. The Hall–Kier alpha value is -2.07. The Morgan fingerprint density at radius 1 is 1.55 bits per heavy atom. The van der Waals surface area contributed by atoms with E-state index in [2.05, 4.69) is 0 Å². The molecule has 20 heavy (non-hydrogen) atoms. The summed E-state index contributed by atoms with van der Waals surface area (Å²) in [5.41, 5.74) is -0.605. The molecule has 0 aliphatic rings. The summed E-state index contributed by atoms with van der Waals surface area (Å²) in [5.74, 6) is -2.73. The van der Waals surface area contributed by atoms with Crippen molar-refractivity contribution in [3.8, 4) is 0 Å². The van der Waals surface area contributed by atoms with E-state index in [4.69, 9.17) is 5.11 Å². The maximum Gasteiger partial charge on any atom is 0.321 e. The van der Waals surface area contributed by atoms with Gasteiger partial charge >= 0.3 is 5.97 Å². The molecule has 0 spiro atoms. The Bertz CT molecular complexity index is 645. The highest BCUT2D eigenvalue weighted by molar-refractivity contribution is 7.89. The number of carboxylic acids is 1. The highest BCUT2D eigenvalue weighted by Gasteiger charge is 2.27. The molecule has 1 atom stereocenters. The number of aliphatic carboxylic acids is 1. The van der Waals surface area contributed by atoms with Crippen LogP contribution >= 0.6 is 0 Å². The van der Waals surface area contributed by atoms with Gasteiger partial charge in [-0.25, -0.2) is 12.8 Å². The highest BCUT2D eigenvalue weighted by atomic mass is 32.2. The van der Waals surface area contributed by atoms with Crippen molar-refractivity contribution in [2.75, 3.05) is 0 Å². The molecule has 0 saturated heterocycles. The topological polar surface area (TPSA) is 127 Å². The number of nitro groups is 1. The van der Waals surface area contributed by atoms with Crippen LogP contribution < -0.4 is 4.72 Å². The first-order chi connectivity index (χ1) is 9.19. The second kappa shape index (κ2) is 5.92. The van der Waals surface area contributed by atoms with Gasteiger partial charge in [-0.2, -0.15) is 4.72 Å². The zero-order valence-corrected chi connectivity index (χ0v) is 11.1. The van der Waals surface area contributed by atoms with Gasteiger partial charge in [0.2, 0.25) is 10.0 Å². The van der Waals surface area contributed by atoms with Crippen molar-refractivity contribution in [3.63, 3.8) is 0 Å². The van der Waals surface area contributed by atoms with Crippen molar-refractivity contribution in [1.82, 2.24) is 4.72 Å². The maximum atomic E-state index is 13.6. The summed E-state index contributed by atoms with van der Waals surface area (Å²) < 4.78 is 39.0. The van der Waals surface area contributed by atoms with E-state index in [0.29, 0.717) is 12.1 Å². The van der Waals surface area contributed by atoms with E-state index in [0.717, 1.165) is 6.07 Å². The Morgan fingerprint density at radius 2 is 2.15 bits per heavy atom. The normalized spacial score (nSPS) is 12.9. The van der Waals surface area contributed by atoms with Gasteiger partial charge in [-0.3, -0.25) is 14.9 Å².